The molecule has 1 fully saturated rings. The number of ether oxygens (including phenoxy) is 1. The molecule has 6 nitrogen and oxygen atoms in total. The first-order chi connectivity index (χ1) is 13.0. The molecule has 1 aromatic heterocycles. The second-order valence-corrected chi connectivity index (χ2v) is 8.05. The Balaban J connectivity index is 1.71. The van der Waals surface area contributed by atoms with Gasteiger partial charge in [0.15, 0.2) is 0 Å². The third-order valence-electron chi connectivity index (χ3n) is 4.44. The number of thiophene rings is 1. The highest BCUT2D eigenvalue weighted by Crippen LogP contribution is 2.32. The Bertz CT molecular complexity index is 840. The van der Waals surface area contributed by atoms with Gasteiger partial charge >= 0.3 is 5.97 Å². The van der Waals surface area contributed by atoms with Crippen molar-refractivity contribution in [3.8, 4) is 0 Å². The Hall–Kier alpha value is -2.19. The summed E-state index contributed by atoms with van der Waals surface area (Å²) >= 11 is 4.91. The van der Waals surface area contributed by atoms with Crippen LogP contribution >= 0.6 is 27.3 Å². The second kappa shape index (κ2) is 8.67. The fourth-order valence-electron chi connectivity index (χ4n) is 3.04. The van der Waals surface area contributed by atoms with Crippen LogP contribution in [0.5, 0.6) is 0 Å². The summed E-state index contributed by atoms with van der Waals surface area (Å²) in [6, 6.07) is 10.7. The Morgan fingerprint density at radius 1 is 1.33 bits per heavy atom. The van der Waals surface area contributed by atoms with Gasteiger partial charge in [-0.1, -0.05) is 18.2 Å². The molecule has 2 heterocycles. The van der Waals surface area contributed by atoms with Crippen LogP contribution in [0.1, 0.15) is 23.8 Å². The number of rotatable bonds is 6. The van der Waals surface area contributed by atoms with Gasteiger partial charge in [0.05, 0.1) is 31.2 Å². The first-order valence-corrected chi connectivity index (χ1v) is 10.1. The van der Waals surface area contributed by atoms with Gasteiger partial charge in [0.2, 0.25) is 11.8 Å². The highest BCUT2D eigenvalue weighted by atomic mass is 79.9. The lowest BCUT2D eigenvalue weighted by Gasteiger charge is -2.20. The molecule has 2 amide bonds. The number of nitrogens with zero attached hydrogens (tertiary/aromatic N) is 1. The van der Waals surface area contributed by atoms with E-state index in [9.17, 15) is 14.4 Å². The SMILES string of the molecule is COC(=O)C[C@@H](NC(=O)[C@@H]1CC(=O)N(c2ccccc2Br)C1)c1cccs1. The largest absolute Gasteiger partial charge is 0.469 e. The third-order valence-corrected chi connectivity index (χ3v) is 6.10. The van der Waals surface area contributed by atoms with Crippen molar-refractivity contribution >= 4 is 50.7 Å². The average molecular weight is 451 g/mol. The number of para-hydroxylation sites is 1. The van der Waals surface area contributed by atoms with Gasteiger partial charge in [-0.3, -0.25) is 14.4 Å². The lowest BCUT2D eigenvalue weighted by atomic mass is 10.1. The fourth-order valence-corrected chi connectivity index (χ4v) is 4.32. The molecule has 2 atom stereocenters. The maximum Gasteiger partial charge on any atom is 0.307 e. The van der Waals surface area contributed by atoms with Gasteiger partial charge < -0.3 is 15.0 Å². The standard InChI is InChI=1S/C19H19BrN2O4S/c1-26-18(24)10-14(16-7-4-8-27-16)21-19(25)12-9-17(23)22(11-12)15-6-3-2-5-13(15)20/h2-8,12,14H,9-11H2,1H3,(H,21,25)/t12-,14-/m1/s1. The van der Waals surface area contributed by atoms with Crippen molar-refractivity contribution in [2.45, 2.75) is 18.9 Å². The third kappa shape index (κ3) is 4.56. The number of nitrogens with one attached hydrogen (secondary N) is 1. The van der Waals surface area contributed by atoms with Gasteiger partial charge in [-0.15, -0.1) is 11.3 Å². The van der Waals surface area contributed by atoms with Crippen molar-refractivity contribution in [1.29, 1.82) is 0 Å². The topological polar surface area (TPSA) is 75.7 Å². The normalized spacial score (nSPS) is 17.6. The van der Waals surface area contributed by atoms with Gasteiger partial charge in [-0.25, -0.2) is 0 Å². The molecule has 1 aliphatic heterocycles. The van der Waals surface area contributed by atoms with Crippen LogP contribution in [-0.2, 0) is 19.1 Å². The second-order valence-electron chi connectivity index (χ2n) is 6.21. The van der Waals surface area contributed by atoms with E-state index in [1.807, 2.05) is 41.8 Å². The van der Waals surface area contributed by atoms with Crippen LogP contribution in [0.3, 0.4) is 0 Å². The molecule has 1 N–H and O–H groups in total. The van der Waals surface area contributed by atoms with Crippen LogP contribution in [0.25, 0.3) is 0 Å². The van der Waals surface area contributed by atoms with Crippen molar-refractivity contribution in [3.63, 3.8) is 0 Å². The molecule has 1 saturated heterocycles. The van der Waals surface area contributed by atoms with E-state index in [1.54, 1.807) is 4.90 Å². The van der Waals surface area contributed by atoms with Crippen molar-refractivity contribution in [2.75, 3.05) is 18.6 Å². The molecular weight excluding hydrogens is 432 g/mol. The zero-order valence-electron chi connectivity index (χ0n) is 14.7. The Kier molecular flexibility index (Phi) is 6.28. The zero-order chi connectivity index (χ0) is 19.4. The highest BCUT2D eigenvalue weighted by Gasteiger charge is 2.36. The minimum atomic E-state index is -0.468. The van der Waals surface area contributed by atoms with Crippen molar-refractivity contribution < 1.29 is 19.1 Å². The van der Waals surface area contributed by atoms with E-state index in [0.717, 1.165) is 15.0 Å². The van der Waals surface area contributed by atoms with E-state index in [4.69, 9.17) is 4.74 Å². The van der Waals surface area contributed by atoms with Crippen LogP contribution in [0, 0.1) is 5.92 Å². The Morgan fingerprint density at radius 3 is 2.78 bits per heavy atom. The molecule has 0 spiro atoms. The number of anilines is 1. The quantitative estimate of drug-likeness (QED) is 0.685. The van der Waals surface area contributed by atoms with E-state index in [0.29, 0.717) is 6.54 Å². The molecule has 1 aliphatic rings. The Morgan fingerprint density at radius 2 is 2.11 bits per heavy atom. The van der Waals surface area contributed by atoms with Crippen LogP contribution in [0.15, 0.2) is 46.3 Å². The predicted molar refractivity (Wildman–Crippen MR) is 106 cm³/mol. The molecule has 27 heavy (non-hydrogen) atoms. The number of halogens is 1. The first-order valence-electron chi connectivity index (χ1n) is 8.45. The molecule has 0 bridgehead atoms. The van der Waals surface area contributed by atoms with Crippen LogP contribution in [-0.4, -0.2) is 31.4 Å². The summed E-state index contributed by atoms with van der Waals surface area (Å²) in [7, 11) is 1.32. The van der Waals surface area contributed by atoms with E-state index in [-0.39, 0.29) is 24.7 Å². The van der Waals surface area contributed by atoms with Crippen LogP contribution in [0.4, 0.5) is 5.69 Å². The minimum Gasteiger partial charge on any atom is -0.469 e. The summed E-state index contributed by atoms with van der Waals surface area (Å²) in [5.41, 5.74) is 0.752. The van der Waals surface area contributed by atoms with Gasteiger partial charge in [0, 0.05) is 22.3 Å². The highest BCUT2D eigenvalue weighted by molar-refractivity contribution is 9.10. The smallest absolute Gasteiger partial charge is 0.307 e. The molecule has 3 rings (SSSR count). The summed E-state index contributed by atoms with van der Waals surface area (Å²) < 4.78 is 5.54. The summed E-state index contributed by atoms with van der Waals surface area (Å²) in [4.78, 5) is 39.4. The zero-order valence-corrected chi connectivity index (χ0v) is 17.1. The minimum absolute atomic E-state index is 0.0529. The maximum atomic E-state index is 12.8. The monoisotopic (exact) mass is 450 g/mol. The van der Waals surface area contributed by atoms with E-state index >= 15 is 0 Å². The molecule has 2 aromatic rings. The molecule has 0 unspecified atom stereocenters. The molecule has 142 valence electrons. The van der Waals surface area contributed by atoms with Gasteiger partial charge in [0.25, 0.3) is 0 Å². The van der Waals surface area contributed by atoms with Crippen molar-refractivity contribution in [2.24, 2.45) is 5.92 Å². The Labute approximate surface area is 169 Å². The number of methoxy groups -OCH3 is 1. The van der Waals surface area contributed by atoms with Crippen molar-refractivity contribution in [1.82, 2.24) is 5.32 Å². The van der Waals surface area contributed by atoms with Crippen LogP contribution in [0.2, 0.25) is 0 Å². The number of esters is 1. The van der Waals surface area contributed by atoms with E-state index in [1.165, 1.54) is 18.4 Å². The summed E-state index contributed by atoms with van der Waals surface area (Å²) in [6.45, 7) is 0.308. The predicted octanol–water partition coefficient (Wildman–Crippen LogP) is 3.28. The summed E-state index contributed by atoms with van der Waals surface area (Å²) in [5.74, 6) is -1.20. The number of amides is 2. The number of hydrogen-bond acceptors (Lipinski definition) is 5. The molecular formula is C19H19BrN2O4S. The lowest BCUT2D eigenvalue weighted by Crippen LogP contribution is -2.36. The summed E-state index contributed by atoms with van der Waals surface area (Å²) in [5, 5.41) is 4.80. The lowest BCUT2D eigenvalue weighted by molar-refractivity contribution is -0.141. The maximum absolute atomic E-state index is 12.8. The molecule has 8 heteroatoms. The van der Waals surface area contributed by atoms with E-state index in [2.05, 4.69) is 21.2 Å². The molecule has 1 aromatic carbocycles. The van der Waals surface area contributed by atoms with E-state index < -0.39 is 17.9 Å². The number of carbonyl (C=O) groups is 3. The fraction of sp³-hybridized carbons (Fsp3) is 0.316. The molecule has 0 saturated carbocycles. The molecule has 0 aliphatic carbocycles. The van der Waals surface area contributed by atoms with Crippen LogP contribution < -0.4 is 10.2 Å². The number of hydrogen-bond donors (Lipinski definition) is 1. The van der Waals surface area contributed by atoms with Gasteiger partial charge in [-0.05, 0) is 39.5 Å². The van der Waals surface area contributed by atoms with Gasteiger partial charge in [0.1, 0.15) is 0 Å². The first kappa shape index (κ1) is 19.6. The summed E-state index contributed by atoms with van der Waals surface area (Å²) in [6.07, 6.45) is 0.194. The average Bonchev–Trinajstić information content (AvgIpc) is 3.31. The number of benzene rings is 1. The van der Waals surface area contributed by atoms with Crippen molar-refractivity contribution in [3.05, 3.63) is 51.1 Å². The molecule has 0 radical (unpaired) electrons. The van der Waals surface area contributed by atoms with Gasteiger partial charge in [-0.2, -0.15) is 0 Å². The number of carbonyl (C=O) groups excluding carboxylic acids is 3.